The first-order valence-electron chi connectivity index (χ1n) is 10.1. The lowest BCUT2D eigenvalue weighted by Crippen LogP contribution is -2.60. The molecule has 1 fully saturated rings. The van der Waals surface area contributed by atoms with Gasteiger partial charge in [-0.15, -0.1) is 0 Å². The summed E-state index contributed by atoms with van der Waals surface area (Å²) in [5.74, 6) is 0. The molecular weight excluding hydrogens is 372 g/mol. The molecule has 0 spiro atoms. The van der Waals surface area contributed by atoms with Crippen molar-refractivity contribution in [2.75, 3.05) is 13.2 Å². The van der Waals surface area contributed by atoms with E-state index in [2.05, 4.69) is 0 Å². The molecule has 0 amide bonds. The summed E-state index contributed by atoms with van der Waals surface area (Å²) in [7, 11) is 0. The topological polar surface area (TPSA) is 77.4 Å². The molecule has 0 aromatic heterocycles. The molecule has 0 unspecified atom stereocenters. The lowest BCUT2D eigenvalue weighted by molar-refractivity contribution is -0.313. The smallest absolute Gasteiger partial charge is 0.186 e. The van der Waals surface area contributed by atoms with Gasteiger partial charge in [0, 0.05) is 6.61 Å². The monoisotopic (exact) mass is 402 g/mol. The van der Waals surface area contributed by atoms with E-state index < -0.39 is 30.7 Å². The first-order chi connectivity index (χ1) is 14.2. The second kappa shape index (κ2) is 11.4. The average molecular weight is 402 g/mol. The van der Waals surface area contributed by atoms with E-state index in [1.54, 1.807) is 0 Å². The van der Waals surface area contributed by atoms with Gasteiger partial charge in [0.05, 0.1) is 19.8 Å². The minimum absolute atomic E-state index is 0.143. The highest BCUT2D eigenvalue weighted by Gasteiger charge is 2.45. The van der Waals surface area contributed by atoms with E-state index in [9.17, 15) is 10.2 Å². The van der Waals surface area contributed by atoms with Crippen molar-refractivity contribution in [3.05, 3.63) is 71.8 Å². The van der Waals surface area contributed by atoms with Crippen molar-refractivity contribution in [1.29, 1.82) is 0 Å². The molecule has 0 saturated carbocycles. The van der Waals surface area contributed by atoms with Gasteiger partial charge in [-0.05, 0) is 17.5 Å². The van der Waals surface area contributed by atoms with Crippen LogP contribution in [-0.2, 0) is 32.2 Å². The Hall–Kier alpha value is -1.80. The molecule has 1 aliphatic heterocycles. The minimum atomic E-state index is -1.14. The maximum absolute atomic E-state index is 10.7. The Morgan fingerprint density at radius 2 is 1.45 bits per heavy atom. The number of hydrogen-bond acceptors (Lipinski definition) is 6. The van der Waals surface area contributed by atoms with Gasteiger partial charge in [-0.2, -0.15) is 0 Å². The molecule has 29 heavy (non-hydrogen) atoms. The molecule has 0 radical (unpaired) electrons. The molecule has 2 N–H and O–H groups in total. The van der Waals surface area contributed by atoms with Gasteiger partial charge in [0.15, 0.2) is 6.29 Å². The number of aliphatic hydroxyl groups excluding tert-OH is 2. The quantitative estimate of drug-likeness (QED) is 0.636. The second-order valence-corrected chi connectivity index (χ2v) is 7.16. The van der Waals surface area contributed by atoms with Crippen molar-refractivity contribution < 1.29 is 29.2 Å². The van der Waals surface area contributed by atoms with Crippen LogP contribution in [0.4, 0.5) is 0 Å². The Morgan fingerprint density at radius 3 is 2.07 bits per heavy atom. The number of aliphatic hydroxyl groups is 2. The fourth-order valence-corrected chi connectivity index (χ4v) is 3.22. The summed E-state index contributed by atoms with van der Waals surface area (Å²) in [6.45, 7) is 3.30. The summed E-state index contributed by atoms with van der Waals surface area (Å²) in [5, 5.41) is 21.2. The van der Waals surface area contributed by atoms with Crippen molar-refractivity contribution in [2.45, 2.75) is 57.3 Å². The Bertz CT molecular complexity index is 693. The molecule has 3 rings (SSSR count). The zero-order chi connectivity index (χ0) is 20.5. The molecule has 0 bridgehead atoms. The Balaban J connectivity index is 1.58. The third-order valence-corrected chi connectivity index (χ3v) is 4.81. The van der Waals surface area contributed by atoms with E-state index in [-0.39, 0.29) is 6.61 Å². The predicted octanol–water partition coefficient (Wildman–Crippen LogP) is 2.66. The Kier molecular flexibility index (Phi) is 8.61. The van der Waals surface area contributed by atoms with Crippen molar-refractivity contribution in [2.24, 2.45) is 0 Å². The molecule has 5 atom stereocenters. The van der Waals surface area contributed by atoms with Gasteiger partial charge in [0.1, 0.15) is 24.4 Å². The van der Waals surface area contributed by atoms with E-state index >= 15 is 0 Å². The van der Waals surface area contributed by atoms with Gasteiger partial charge >= 0.3 is 0 Å². The van der Waals surface area contributed by atoms with Crippen molar-refractivity contribution in [3.8, 4) is 0 Å². The number of ether oxygens (including phenoxy) is 4. The van der Waals surface area contributed by atoms with Gasteiger partial charge in [-0.25, -0.2) is 0 Å². The van der Waals surface area contributed by atoms with Gasteiger partial charge in [-0.3, -0.25) is 0 Å². The van der Waals surface area contributed by atoms with Crippen LogP contribution in [0.3, 0.4) is 0 Å². The first-order valence-corrected chi connectivity index (χ1v) is 10.1. The van der Waals surface area contributed by atoms with Crippen molar-refractivity contribution in [3.63, 3.8) is 0 Å². The van der Waals surface area contributed by atoms with Crippen LogP contribution in [0.2, 0.25) is 0 Å². The number of benzene rings is 2. The maximum Gasteiger partial charge on any atom is 0.186 e. The summed E-state index contributed by atoms with van der Waals surface area (Å²) in [5.41, 5.74) is 2.00. The molecule has 1 heterocycles. The fraction of sp³-hybridized carbons (Fsp3) is 0.478. The Morgan fingerprint density at radius 1 is 0.828 bits per heavy atom. The zero-order valence-corrected chi connectivity index (χ0v) is 16.7. The summed E-state index contributed by atoms with van der Waals surface area (Å²) in [6.07, 6.45) is -3.73. The largest absolute Gasteiger partial charge is 0.387 e. The lowest BCUT2D eigenvalue weighted by Gasteiger charge is -2.42. The number of rotatable bonds is 10. The van der Waals surface area contributed by atoms with Gasteiger partial charge in [-0.1, -0.05) is 67.6 Å². The summed E-state index contributed by atoms with van der Waals surface area (Å²) < 4.78 is 23.3. The Labute approximate surface area is 172 Å². The molecule has 6 nitrogen and oxygen atoms in total. The minimum Gasteiger partial charge on any atom is -0.387 e. The van der Waals surface area contributed by atoms with Crippen LogP contribution < -0.4 is 0 Å². The average Bonchev–Trinajstić information content (AvgIpc) is 2.76. The van der Waals surface area contributed by atoms with E-state index in [4.69, 9.17) is 18.9 Å². The highest BCUT2D eigenvalue weighted by atomic mass is 16.7. The second-order valence-electron chi connectivity index (χ2n) is 7.16. The SMILES string of the molecule is CCCO[C@@H]1O[C@H](COCc2ccccc2)[C@H](O)[C@H](O)[C@H]1OCc1ccccc1. The standard InChI is InChI=1S/C23H30O6/c1-2-13-27-23-22(28-15-18-11-7-4-8-12-18)21(25)20(24)19(29-23)16-26-14-17-9-5-3-6-10-17/h3-12,19-25H,2,13-16H2,1H3/t19-,20+,21+,22-,23-/m1/s1. The van der Waals surface area contributed by atoms with Gasteiger partial charge < -0.3 is 29.2 Å². The van der Waals surface area contributed by atoms with E-state index in [1.165, 1.54) is 0 Å². The van der Waals surface area contributed by atoms with Crippen LogP contribution in [0.1, 0.15) is 24.5 Å². The van der Waals surface area contributed by atoms with Crippen LogP contribution in [0, 0.1) is 0 Å². The molecule has 2 aromatic carbocycles. The van der Waals surface area contributed by atoms with Gasteiger partial charge in [0.25, 0.3) is 0 Å². The van der Waals surface area contributed by atoms with Crippen molar-refractivity contribution >= 4 is 0 Å². The molecule has 2 aromatic rings. The van der Waals surface area contributed by atoms with E-state index in [0.29, 0.717) is 19.8 Å². The summed E-state index contributed by atoms with van der Waals surface area (Å²) in [6, 6.07) is 19.4. The third kappa shape index (κ3) is 6.34. The zero-order valence-electron chi connectivity index (χ0n) is 16.7. The number of hydrogen-bond donors (Lipinski definition) is 2. The summed E-state index contributed by atoms with van der Waals surface area (Å²) >= 11 is 0. The van der Waals surface area contributed by atoms with Crippen molar-refractivity contribution in [1.82, 2.24) is 0 Å². The molecule has 1 saturated heterocycles. The molecule has 1 aliphatic rings. The first kappa shape index (κ1) is 21.9. The van der Waals surface area contributed by atoms with Crippen LogP contribution in [0.25, 0.3) is 0 Å². The normalized spacial score (nSPS) is 27.1. The van der Waals surface area contributed by atoms with Gasteiger partial charge in [0.2, 0.25) is 0 Å². The van der Waals surface area contributed by atoms with Crippen LogP contribution >= 0.6 is 0 Å². The van der Waals surface area contributed by atoms with Crippen LogP contribution in [0.15, 0.2) is 60.7 Å². The third-order valence-electron chi connectivity index (χ3n) is 4.81. The van der Waals surface area contributed by atoms with Crippen LogP contribution in [-0.4, -0.2) is 54.1 Å². The highest BCUT2D eigenvalue weighted by Crippen LogP contribution is 2.26. The van der Waals surface area contributed by atoms with Crippen LogP contribution in [0.5, 0.6) is 0 Å². The fourth-order valence-electron chi connectivity index (χ4n) is 3.22. The molecule has 0 aliphatic carbocycles. The highest BCUT2D eigenvalue weighted by molar-refractivity contribution is 5.14. The maximum atomic E-state index is 10.7. The van der Waals surface area contributed by atoms with E-state index in [1.807, 2.05) is 67.6 Å². The molecule has 158 valence electrons. The van der Waals surface area contributed by atoms with E-state index in [0.717, 1.165) is 17.5 Å². The molecule has 6 heteroatoms. The lowest BCUT2D eigenvalue weighted by atomic mass is 9.99. The summed E-state index contributed by atoms with van der Waals surface area (Å²) in [4.78, 5) is 0. The molecular formula is C23H30O6. The predicted molar refractivity (Wildman–Crippen MR) is 108 cm³/mol.